The lowest BCUT2D eigenvalue weighted by atomic mass is 10.2. The van der Waals surface area contributed by atoms with E-state index in [0.29, 0.717) is 0 Å². The molecular formula is C13H10ClFN2O3S. The second-order valence-electron chi connectivity index (χ2n) is 4.24. The number of nitro groups is 1. The summed E-state index contributed by atoms with van der Waals surface area (Å²) in [6.07, 6.45) is 0. The van der Waals surface area contributed by atoms with Crippen LogP contribution in [0, 0.1) is 15.9 Å². The van der Waals surface area contributed by atoms with E-state index in [4.69, 9.17) is 17.3 Å². The lowest BCUT2D eigenvalue weighted by Gasteiger charge is -2.05. The zero-order valence-corrected chi connectivity index (χ0v) is 12.2. The average Bonchev–Trinajstić information content (AvgIpc) is 2.39. The summed E-state index contributed by atoms with van der Waals surface area (Å²) in [6.45, 7) is 0. The lowest BCUT2D eigenvalue weighted by molar-refractivity contribution is -0.385. The standard InChI is InChI=1S/C13H10ClFN2O3S/c14-9-2-1-8(13(3-9)17(18)19)7-21(20)12-5-10(15)4-11(16)6-12/h1-6H,7,16H2. The molecule has 110 valence electrons. The molecule has 0 aromatic heterocycles. The van der Waals surface area contributed by atoms with Crippen molar-refractivity contribution in [1.82, 2.24) is 0 Å². The van der Waals surface area contributed by atoms with Crippen molar-refractivity contribution < 1.29 is 13.5 Å². The van der Waals surface area contributed by atoms with Gasteiger partial charge in [-0.2, -0.15) is 0 Å². The number of benzene rings is 2. The summed E-state index contributed by atoms with van der Waals surface area (Å²) in [6, 6.07) is 7.66. The summed E-state index contributed by atoms with van der Waals surface area (Å²) in [5.41, 5.74) is 5.66. The third-order valence-electron chi connectivity index (χ3n) is 2.69. The van der Waals surface area contributed by atoms with Crippen LogP contribution in [0.2, 0.25) is 5.02 Å². The van der Waals surface area contributed by atoms with Crippen LogP contribution in [0.15, 0.2) is 41.3 Å². The van der Waals surface area contributed by atoms with Crippen molar-refractivity contribution in [2.24, 2.45) is 0 Å². The zero-order valence-electron chi connectivity index (χ0n) is 10.6. The summed E-state index contributed by atoms with van der Waals surface area (Å²) in [5.74, 6) is -0.736. The molecule has 0 fully saturated rings. The smallest absolute Gasteiger partial charge is 0.275 e. The van der Waals surface area contributed by atoms with Gasteiger partial charge in [0.2, 0.25) is 0 Å². The molecule has 0 aliphatic heterocycles. The van der Waals surface area contributed by atoms with E-state index in [0.717, 1.165) is 12.1 Å². The summed E-state index contributed by atoms with van der Waals surface area (Å²) in [7, 11) is -1.66. The fourth-order valence-corrected chi connectivity index (χ4v) is 3.14. The molecule has 0 radical (unpaired) electrons. The van der Waals surface area contributed by atoms with Gasteiger partial charge in [-0.05, 0) is 30.3 Å². The summed E-state index contributed by atoms with van der Waals surface area (Å²) in [5, 5.41) is 11.2. The first kappa shape index (κ1) is 15.4. The molecule has 0 heterocycles. The fourth-order valence-electron chi connectivity index (χ4n) is 1.77. The molecule has 21 heavy (non-hydrogen) atoms. The van der Waals surface area contributed by atoms with Crippen LogP contribution < -0.4 is 5.73 Å². The van der Waals surface area contributed by atoms with E-state index < -0.39 is 21.5 Å². The van der Waals surface area contributed by atoms with Gasteiger partial charge >= 0.3 is 0 Å². The first-order valence-electron chi connectivity index (χ1n) is 5.74. The maximum absolute atomic E-state index is 13.2. The van der Waals surface area contributed by atoms with Crippen LogP contribution in [0.1, 0.15) is 5.56 Å². The first-order valence-corrected chi connectivity index (χ1v) is 7.44. The largest absolute Gasteiger partial charge is 0.399 e. The monoisotopic (exact) mass is 328 g/mol. The Morgan fingerprint density at radius 1 is 1.29 bits per heavy atom. The van der Waals surface area contributed by atoms with Crippen molar-refractivity contribution in [3.8, 4) is 0 Å². The normalized spacial score (nSPS) is 12.1. The second-order valence-corrected chi connectivity index (χ2v) is 6.13. The van der Waals surface area contributed by atoms with E-state index >= 15 is 0 Å². The van der Waals surface area contributed by atoms with Crippen LogP contribution in [0.4, 0.5) is 15.8 Å². The molecule has 2 rings (SSSR count). The van der Waals surface area contributed by atoms with E-state index in [1.165, 1.54) is 24.3 Å². The SMILES string of the molecule is Nc1cc(F)cc(S(=O)Cc2ccc(Cl)cc2[N+](=O)[O-])c1. The maximum atomic E-state index is 13.2. The number of nitrogen functional groups attached to an aromatic ring is 1. The van der Waals surface area contributed by atoms with Gasteiger partial charge in [0, 0.05) is 27.2 Å². The minimum absolute atomic E-state index is 0.129. The van der Waals surface area contributed by atoms with Crippen molar-refractivity contribution in [2.75, 3.05) is 5.73 Å². The van der Waals surface area contributed by atoms with Gasteiger partial charge in [0.25, 0.3) is 5.69 Å². The highest BCUT2D eigenvalue weighted by atomic mass is 35.5. The molecule has 8 heteroatoms. The molecule has 2 N–H and O–H groups in total. The van der Waals surface area contributed by atoms with E-state index in [9.17, 15) is 18.7 Å². The molecule has 0 saturated heterocycles. The van der Waals surface area contributed by atoms with Gasteiger partial charge in [-0.15, -0.1) is 0 Å². The summed E-state index contributed by atoms with van der Waals surface area (Å²) in [4.78, 5) is 10.5. The van der Waals surface area contributed by atoms with Crippen LogP contribution in [-0.4, -0.2) is 9.13 Å². The van der Waals surface area contributed by atoms with Crippen LogP contribution in [0.3, 0.4) is 0 Å². The number of hydrogen-bond donors (Lipinski definition) is 1. The highest BCUT2D eigenvalue weighted by Crippen LogP contribution is 2.26. The Morgan fingerprint density at radius 3 is 2.62 bits per heavy atom. The minimum Gasteiger partial charge on any atom is -0.399 e. The number of nitrogens with zero attached hydrogens (tertiary/aromatic N) is 1. The molecule has 2 aromatic carbocycles. The quantitative estimate of drug-likeness (QED) is 0.530. The fraction of sp³-hybridized carbons (Fsp3) is 0.0769. The highest BCUT2D eigenvalue weighted by Gasteiger charge is 2.17. The molecule has 0 aliphatic rings. The molecule has 0 amide bonds. The molecule has 5 nitrogen and oxygen atoms in total. The Balaban J connectivity index is 2.33. The van der Waals surface area contributed by atoms with Crippen molar-refractivity contribution in [1.29, 1.82) is 0 Å². The number of rotatable bonds is 4. The van der Waals surface area contributed by atoms with Gasteiger partial charge in [0.1, 0.15) is 5.82 Å². The summed E-state index contributed by atoms with van der Waals surface area (Å²) < 4.78 is 25.5. The van der Waals surface area contributed by atoms with E-state index in [1.807, 2.05) is 0 Å². The Kier molecular flexibility index (Phi) is 4.54. The van der Waals surface area contributed by atoms with Gasteiger partial charge < -0.3 is 5.73 Å². The second kappa shape index (κ2) is 6.19. The Morgan fingerprint density at radius 2 is 2.00 bits per heavy atom. The van der Waals surface area contributed by atoms with Crippen molar-refractivity contribution in [3.05, 3.63) is 62.9 Å². The van der Waals surface area contributed by atoms with E-state index in [-0.39, 0.29) is 32.6 Å². The number of hydrogen-bond acceptors (Lipinski definition) is 4. The van der Waals surface area contributed by atoms with Crippen molar-refractivity contribution in [2.45, 2.75) is 10.6 Å². The van der Waals surface area contributed by atoms with Crippen molar-refractivity contribution in [3.63, 3.8) is 0 Å². The van der Waals surface area contributed by atoms with Crippen LogP contribution in [-0.2, 0) is 16.6 Å². The Bertz CT molecular complexity index is 719. The summed E-state index contributed by atoms with van der Waals surface area (Å²) >= 11 is 5.71. The Labute approximate surface area is 127 Å². The topological polar surface area (TPSA) is 86.2 Å². The first-order chi connectivity index (χ1) is 9.86. The van der Waals surface area contributed by atoms with Crippen LogP contribution >= 0.6 is 11.6 Å². The van der Waals surface area contributed by atoms with Crippen LogP contribution in [0.5, 0.6) is 0 Å². The number of nitro benzene ring substituents is 1. The Hall–Kier alpha value is -1.99. The van der Waals surface area contributed by atoms with Gasteiger partial charge in [-0.1, -0.05) is 11.6 Å². The molecule has 2 aromatic rings. The molecule has 0 spiro atoms. The number of nitrogens with two attached hydrogens (primary N) is 1. The zero-order chi connectivity index (χ0) is 15.6. The lowest BCUT2D eigenvalue weighted by Crippen LogP contribution is -2.02. The third kappa shape index (κ3) is 3.77. The van der Waals surface area contributed by atoms with Crippen molar-refractivity contribution >= 4 is 33.8 Å². The van der Waals surface area contributed by atoms with Crippen LogP contribution in [0.25, 0.3) is 0 Å². The van der Waals surface area contributed by atoms with Gasteiger partial charge in [-0.25, -0.2) is 4.39 Å². The molecular weight excluding hydrogens is 319 g/mol. The molecule has 0 bridgehead atoms. The van der Waals surface area contributed by atoms with Gasteiger partial charge in [0.05, 0.1) is 21.5 Å². The predicted octanol–water partition coefficient (Wildman–Crippen LogP) is 3.28. The minimum atomic E-state index is -1.66. The predicted molar refractivity (Wildman–Crippen MR) is 79.0 cm³/mol. The van der Waals surface area contributed by atoms with E-state index in [1.54, 1.807) is 0 Å². The molecule has 0 aliphatic carbocycles. The number of anilines is 1. The maximum Gasteiger partial charge on any atom is 0.275 e. The third-order valence-corrected chi connectivity index (χ3v) is 4.26. The average molecular weight is 329 g/mol. The van der Waals surface area contributed by atoms with Gasteiger partial charge in [0.15, 0.2) is 0 Å². The highest BCUT2D eigenvalue weighted by molar-refractivity contribution is 7.84. The molecule has 0 saturated carbocycles. The molecule has 1 unspecified atom stereocenters. The molecule has 1 atom stereocenters. The van der Waals surface area contributed by atoms with E-state index in [2.05, 4.69) is 0 Å². The number of halogens is 2. The van der Waals surface area contributed by atoms with Gasteiger partial charge in [-0.3, -0.25) is 14.3 Å².